The highest BCUT2D eigenvalue weighted by Crippen LogP contribution is 2.35. The standard InChI is InChI=1S/C32H25N3O6S/c1-20(36)21-12-14-24(15-13-21)35-29(37)19-28(32(35)40)42-26-11-5-9-23(17-26)33-31(39)27(18-25-10-6-16-41-25)34-30(38)22-7-3-2-4-8-22/h2-18,28H,19H2,1H3,(H,33,39)(H,34,38)/b27-18-/t28-/m1/s1. The third-order valence-corrected chi connectivity index (χ3v) is 7.55. The molecule has 0 unspecified atom stereocenters. The molecule has 0 saturated carbocycles. The highest BCUT2D eigenvalue weighted by molar-refractivity contribution is 8.00. The number of rotatable bonds is 9. The first kappa shape index (κ1) is 28.3. The second-order valence-electron chi connectivity index (χ2n) is 9.36. The molecule has 0 aliphatic carbocycles. The van der Waals surface area contributed by atoms with Gasteiger partial charge in [0.05, 0.1) is 17.2 Å². The maximum atomic E-state index is 13.3. The predicted molar refractivity (Wildman–Crippen MR) is 159 cm³/mol. The van der Waals surface area contributed by atoms with Crippen molar-refractivity contribution in [3.8, 4) is 0 Å². The van der Waals surface area contributed by atoms with Gasteiger partial charge in [-0.25, -0.2) is 4.90 Å². The summed E-state index contributed by atoms with van der Waals surface area (Å²) in [7, 11) is 0. The van der Waals surface area contributed by atoms with Crippen LogP contribution in [-0.4, -0.2) is 34.7 Å². The van der Waals surface area contributed by atoms with Crippen LogP contribution in [0.1, 0.15) is 39.8 Å². The van der Waals surface area contributed by atoms with E-state index in [0.717, 1.165) is 4.90 Å². The van der Waals surface area contributed by atoms with Crippen molar-refractivity contribution >= 4 is 58.6 Å². The van der Waals surface area contributed by atoms with Crippen LogP contribution in [0, 0.1) is 0 Å². The van der Waals surface area contributed by atoms with Crippen LogP contribution in [0.2, 0.25) is 0 Å². The van der Waals surface area contributed by atoms with Gasteiger partial charge in [0.15, 0.2) is 5.78 Å². The summed E-state index contributed by atoms with van der Waals surface area (Å²) in [5.41, 5.74) is 1.68. The number of anilines is 2. The fraction of sp³-hybridized carbons (Fsp3) is 0.0938. The lowest BCUT2D eigenvalue weighted by atomic mass is 10.1. The second-order valence-corrected chi connectivity index (χ2v) is 10.6. The van der Waals surface area contributed by atoms with Gasteiger partial charge in [-0.1, -0.05) is 24.3 Å². The van der Waals surface area contributed by atoms with Gasteiger partial charge in [-0.3, -0.25) is 24.0 Å². The highest BCUT2D eigenvalue weighted by atomic mass is 32.2. The van der Waals surface area contributed by atoms with Crippen molar-refractivity contribution in [2.24, 2.45) is 0 Å². The molecule has 1 fully saturated rings. The van der Waals surface area contributed by atoms with Crippen LogP contribution in [0.15, 0.2) is 112 Å². The minimum atomic E-state index is -0.657. The van der Waals surface area contributed by atoms with Crippen molar-refractivity contribution < 1.29 is 28.4 Å². The number of ketones is 1. The molecule has 3 aromatic carbocycles. The molecule has 10 heteroatoms. The quantitative estimate of drug-likeness (QED) is 0.156. The number of Topliss-reactive ketones (excluding diaryl/α,β-unsaturated/α-hetero) is 1. The smallest absolute Gasteiger partial charge is 0.272 e. The molecule has 2 N–H and O–H groups in total. The molecule has 42 heavy (non-hydrogen) atoms. The zero-order valence-corrected chi connectivity index (χ0v) is 23.2. The van der Waals surface area contributed by atoms with Crippen molar-refractivity contribution in [3.05, 3.63) is 120 Å². The topological polar surface area (TPSA) is 126 Å². The summed E-state index contributed by atoms with van der Waals surface area (Å²) in [6.07, 6.45) is 2.89. The van der Waals surface area contributed by atoms with Gasteiger partial charge in [0.1, 0.15) is 11.5 Å². The number of amides is 4. The Bertz CT molecular complexity index is 1680. The van der Waals surface area contributed by atoms with Crippen LogP contribution < -0.4 is 15.5 Å². The van der Waals surface area contributed by atoms with Crippen molar-refractivity contribution in [2.75, 3.05) is 10.2 Å². The van der Waals surface area contributed by atoms with Crippen LogP contribution in [0.3, 0.4) is 0 Å². The molecule has 1 saturated heterocycles. The summed E-state index contributed by atoms with van der Waals surface area (Å²) in [6, 6.07) is 25.0. The van der Waals surface area contributed by atoms with Crippen molar-refractivity contribution in [2.45, 2.75) is 23.5 Å². The molecule has 9 nitrogen and oxygen atoms in total. The lowest BCUT2D eigenvalue weighted by Gasteiger charge is -2.15. The molecular weight excluding hydrogens is 554 g/mol. The molecule has 1 aliphatic rings. The van der Waals surface area contributed by atoms with Gasteiger partial charge in [-0.15, -0.1) is 11.8 Å². The van der Waals surface area contributed by atoms with Gasteiger partial charge in [-0.05, 0) is 73.7 Å². The monoisotopic (exact) mass is 579 g/mol. The number of benzene rings is 3. The molecule has 1 aliphatic heterocycles. The van der Waals surface area contributed by atoms with E-state index in [4.69, 9.17) is 4.42 Å². The molecule has 4 amide bonds. The maximum Gasteiger partial charge on any atom is 0.272 e. The number of carbonyl (C=O) groups excluding carboxylic acids is 5. The second kappa shape index (κ2) is 12.5. The lowest BCUT2D eigenvalue weighted by Crippen LogP contribution is -2.31. The number of carbonyl (C=O) groups is 5. The van der Waals surface area contributed by atoms with Gasteiger partial charge in [0, 0.05) is 34.2 Å². The number of hydrogen-bond donors (Lipinski definition) is 2. The van der Waals surface area contributed by atoms with E-state index in [9.17, 15) is 24.0 Å². The van der Waals surface area contributed by atoms with E-state index in [1.54, 1.807) is 91.0 Å². The molecule has 2 heterocycles. The Kier molecular flexibility index (Phi) is 8.44. The minimum Gasteiger partial charge on any atom is -0.465 e. The summed E-state index contributed by atoms with van der Waals surface area (Å²) >= 11 is 1.21. The molecule has 5 rings (SSSR count). The Labute approximate surface area is 245 Å². The van der Waals surface area contributed by atoms with E-state index < -0.39 is 17.1 Å². The van der Waals surface area contributed by atoms with E-state index in [1.165, 1.54) is 31.0 Å². The summed E-state index contributed by atoms with van der Waals surface area (Å²) in [4.78, 5) is 65.3. The van der Waals surface area contributed by atoms with E-state index >= 15 is 0 Å². The lowest BCUT2D eigenvalue weighted by molar-refractivity contribution is -0.121. The fourth-order valence-electron chi connectivity index (χ4n) is 4.28. The largest absolute Gasteiger partial charge is 0.465 e. The minimum absolute atomic E-state index is 0.0100. The Morgan fingerprint density at radius 2 is 1.67 bits per heavy atom. The van der Waals surface area contributed by atoms with E-state index in [1.807, 2.05) is 0 Å². The summed E-state index contributed by atoms with van der Waals surface area (Å²) < 4.78 is 5.33. The Morgan fingerprint density at radius 1 is 0.905 bits per heavy atom. The average molecular weight is 580 g/mol. The normalized spacial score (nSPS) is 15.0. The van der Waals surface area contributed by atoms with Crippen LogP contribution in [0.25, 0.3) is 6.08 Å². The molecule has 0 spiro atoms. The molecule has 1 aromatic heterocycles. The molecular formula is C32H25N3O6S. The van der Waals surface area contributed by atoms with Crippen LogP contribution in [0.5, 0.6) is 0 Å². The van der Waals surface area contributed by atoms with Crippen LogP contribution >= 0.6 is 11.8 Å². The first-order valence-electron chi connectivity index (χ1n) is 13.0. The zero-order chi connectivity index (χ0) is 29.6. The molecule has 0 bridgehead atoms. The van der Waals surface area contributed by atoms with Gasteiger partial charge >= 0.3 is 0 Å². The van der Waals surface area contributed by atoms with Gasteiger partial charge < -0.3 is 15.1 Å². The van der Waals surface area contributed by atoms with Crippen molar-refractivity contribution in [1.29, 1.82) is 0 Å². The van der Waals surface area contributed by atoms with E-state index in [0.29, 0.717) is 33.2 Å². The number of thioether (sulfide) groups is 1. The van der Waals surface area contributed by atoms with Crippen LogP contribution in [0.4, 0.5) is 11.4 Å². The summed E-state index contributed by atoms with van der Waals surface area (Å²) in [5, 5.41) is 4.77. The Hall–Kier alpha value is -5.22. The van der Waals surface area contributed by atoms with Gasteiger partial charge in [0.25, 0.3) is 11.8 Å². The summed E-state index contributed by atoms with van der Waals surface area (Å²) in [6.45, 7) is 1.45. The number of hydrogen-bond acceptors (Lipinski definition) is 7. The van der Waals surface area contributed by atoms with Crippen LogP contribution in [-0.2, 0) is 14.4 Å². The van der Waals surface area contributed by atoms with Crippen molar-refractivity contribution in [3.63, 3.8) is 0 Å². The van der Waals surface area contributed by atoms with Gasteiger partial charge in [-0.2, -0.15) is 0 Å². The zero-order valence-electron chi connectivity index (χ0n) is 22.4. The third-order valence-electron chi connectivity index (χ3n) is 6.37. The third kappa shape index (κ3) is 6.56. The predicted octanol–water partition coefficient (Wildman–Crippen LogP) is 5.32. The molecule has 0 radical (unpaired) electrons. The first-order chi connectivity index (χ1) is 20.3. The Morgan fingerprint density at radius 3 is 2.36 bits per heavy atom. The number of furan rings is 1. The first-order valence-corrected chi connectivity index (χ1v) is 13.8. The van der Waals surface area contributed by atoms with Gasteiger partial charge in [0.2, 0.25) is 11.8 Å². The van der Waals surface area contributed by atoms with Crippen molar-refractivity contribution in [1.82, 2.24) is 5.32 Å². The Balaban J connectivity index is 1.29. The molecule has 4 aromatic rings. The average Bonchev–Trinajstić information content (AvgIpc) is 3.60. The number of nitrogens with one attached hydrogen (secondary N) is 2. The SMILES string of the molecule is CC(=O)c1ccc(N2C(=O)C[C@@H](Sc3cccc(NC(=O)/C(=C/c4ccco4)NC(=O)c4ccccc4)c3)C2=O)cc1. The number of imide groups is 1. The maximum absolute atomic E-state index is 13.3. The molecule has 1 atom stereocenters. The summed E-state index contributed by atoms with van der Waals surface area (Å²) in [5.74, 6) is -1.46. The van der Waals surface area contributed by atoms with E-state index in [-0.39, 0.29) is 29.7 Å². The molecule has 210 valence electrons. The van der Waals surface area contributed by atoms with E-state index in [2.05, 4.69) is 10.6 Å². The number of nitrogens with zero attached hydrogens (tertiary/aromatic N) is 1. The fourth-order valence-corrected chi connectivity index (χ4v) is 5.39. The highest BCUT2D eigenvalue weighted by Gasteiger charge is 2.40.